The third-order valence-electron chi connectivity index (χ3n) is 3.22. The Bertz CT molecular complexity index is 499. The zero-order valence-corrected chi connectivity index (χ0v) is 10.5. The van der Waals surface area contributed by atoms with Crippen molar-refractivity contribution in [2.24, 2.45) is 0 Å². The fraction of sp³-hybridized carbons (Fsp3) is 0.500. The first kappa shape index (κ1) is 14.6. The molecule has 1 saturated heterocycles. The molecule has 1 fully saturated rings. The minimum atomic E-state index is -4.59. The Hall–Kier alpha value is -1.83. The number of hydrogen-bond acceptors (Lipinski definition) is 4. The van der Waals surface area contributed by atoms with Gasteiger partial charge in [0.2, 0.25) is 0 Å². The van der Waals surface area contributed by atoms with Crippen molar-refractivity contribution in [2.75, 3.05) is 18.4 Å². The van der Waals surface area contributed by atoms with Crippen LogP contribution in [0.5, 0.6) is 0 Å². The molecule has 0 aromatic heterocycles. The van der Waals surface area contributed by atoms with E-state index in [9.17, 15) is 23.3 Å². The summed E-state index contributed by atoms with van der Waals surface area (Å²) >= 11 is 0. The highest BCUT2D eigenvalue weighted by Crippen LogP contribution is 2.34. The topological polar surface area (TPSA) is 67.2 Å². The Morgan fingerprint density at radius 2 is 2.20 bits per heavy atom. The molecule has 1 aromatic carbocycles. The minimum Gasteiger partial charge on any atom is -0.378 e. The number of rotatable bonds is 4. The smallest absolute Gasteiger partial charge is 0.378 e. The summed E-state index contributed by atoms with van der Waals surface area (Å²) in [6, 6.07) is 2.70. The van der Waals surface area contributed by atoms with E-state index in [0.717, 1.165) is 31.5 Å². The van der Waals surface area contributed by atoms with E-state index in [1.165, 1.54) is 0 Å². The van der Waals surface area contributed by atoms with Crippen molar-refractivity contribution in [3.8, 4) is 0 Å². The van der Waals surface area contributed by atoms with E-state index < -0.39 is 22.4 Å². The predicted octanol–water partition coefficient (Wildman–Crippen LogP) is 2.78. The van der Waals surface area contributed by atoms with Crippen LogP contribution in [0.4, 0.5) is 24.5 Å². The number of benzene rings is 1. The lowest BCUT2D eigenvalue weighted by atomic mass is 10.1. The number of anilines is 1. The first-order valence-electron chi connectivity index (χ1n) is 6.21. The van der Waals surface area contributed by atoms with Gasteiger partial charge in [0.05, 0.1) is 10.5 Å². The van der Waals surface area contributed by atoms with E-state index in [0.29, 0.717) is 12.6 Å². The standard InChI is InChI=1S/C12H14F3N3O2/c13-12(14,15)8-3-4-10(11(6-8)18(19)20)17-7-9-2-1-5-16-9/h3-4,6,9,16-17H,1-2,5,7H2. The molecular formula is C12H14F3N3O2. The van der Waals surface area contributed by atoms with Crippen molar-refractivity contribution in [1.82, 2.24) is 5.32 Å². The largest absolute Gasteiger partial charge is 0.416 e. The van der Waals surface area contributed by atoms with Gasteiger partial charge in [0.1, 0.15) is 5.69 Å². The fourth-order valence-corrected chi connectivity index (χ4v) is 2.17. The highest BCUT2D eigenvalue weighted by molar-refractivity contribution is 5.63. The molecule has 2 rings (SSSR count). The van der Waals surface area contributed by atoms with Crippen molar-refractivity contribution in [2.45, 2.75) is 25.1 Å². The molecule has 2 N–H and O–H groups in total. The number of halogens is 3. The summed E-state index contributed by atoms with van der Waals surface area (Å²) in [5.41, 5.74) is -1.47. The molecule has 0 spiro atoms. The molecule has 8 heteroatoms. The summed E-state index contributed by atoms with van der Waals surface area (Å²) in [6.45, 7) is 1.34. The normalized spacial score (nSPS) is 19.1. The maximum atomic E-state index is 12.5. The molecule has 0 saturated carbocycles. The van der Waals surface area contributed by atoms with E-state index in [2.05, 4.69) is 10.6 Å². The molecule has 1 aliphatic rings. The van der Waals surface area contributed by atoms with Gasteiger partial charge in [-0.25, -0.2) is 0 Å². The molecule has 0 bridgehead atoms. The molecule has 5 nitrogen and oxygen atoms in total. The lowest BCUT2D eigenvalue weighted by molar-refractivity contribution is -0.384. The van der Waals surface area contributed by atoms with E-state index in [-0.39, 0.29) is 11.7 Å². The average Bonchev–Trinajstić information content (AvgIpc) is 2.88. The van der Waals surface area contributed by atoms with Gasteiger partial charge in [0.25, 0.3) is 5.69 Å². The number of nitrogens with zero attached hydrogens (tertiary/aromatic N) is 1. The van der Waals surface area contributed by atoms with Crippen LogP contribution in [0.2, 0.25) is 0 Å². The van der Waals surface area contributed by atoms with Gasteiger partial charge in [-0.1, -0.05) is 0 Å². The molecule has 1 unspecified atom stereocenters. The van der Waals surface area contributed by atoms with Gasteiger partial charge < -0.3 is 10.6 Å². The summed E-state index contributed by atoms with van der Waals surface area (Å²) < 4.78 is 37.6. The first-order valence-corrected chi connectivity index (χ1v) is 6.21. The molecule has 1 aromatic rings. The van der Waals surface area contributed by atoms with Gasteiger partial charge in [-0.3, -0.25) is 10.1 Å². The van der Waals surface area contributed by atoms with Crippen LogP contribution in [-0.2, 0) is 6.18 Å². The average molecular weight is 289 g/mol. The molecule has 110 valence electrons. The molecular weight excluding hydrogens is 275 g/mol. The van der Waals surface area contributed by atoms with Crippen LogP contribution in [0.15, 0.2) is 18.2 Å². The zero-order chi connectivity index (χ0) is 14.8. The molecule has 1 atom stereocenters. The molecule has 1 aliphatic heterocycles. The Labute approximate surface area is 113 Å². The van der Waals surface area contributed by atoms with Gasteiger partial charge in [-0.2, -0.15) is 13.2 Å². The Morgan fingerprint density at radius 3 is 2.75 bits per heavy atom. The van der Waals surface area contributed by atoms with Crippen LogP contribution >= 0.6 is 0 Å². The van der Waals surface area contributed by atoms with E-state index >= 15 is 0 Å². The minimum absolute atomic E-state index is 0.108. The van der Waals surface area contributed by atoms with E-state index in [1.807, 2.05) is 0 Å². The summed E-state index contributed by atoms with van der Waals surface area (Å²) in [5.74, 6) is 0. The molecule has 1 heterocycles. The van der Waals surface area contributed by atoms with Crippen molar-refractivity contribution >= 4 is 11.4 Å². The maximum absolute atomic E-state index is 12.5. The second kappa shape index (κ2) is 5.66. The molecule has 20 heavy (non-hydrogen) atoms. The summed E-state index contributed by atoms with van der Waals surface area (Å²) in [6.07, 6.45) is -2.61. The fourth-order valence-electron chi connectivity index (χ4n) is 2.17. The Morgan fingerprint density at radius 1 is 1.45 bits per heavy atom. The summed E-state index contributed by atoms with van der Waals surface area (Å²) in [5, 5.41) is 16.9. The molecule has 0 aliphatic carbocycles. The second-order valence-electron chi connectivity index (χ2n) is 4.66. The lowest BCUT2D eigenvalue weighted by Gasteiger charge is -2.14. The third kappa shape index (κ3) is 3.38. The number of nitro benzene ring substituents is 1. The third-order valence-corrected chi connectivity index (χ3v) is 3.22. The predicted molar refractivity (Wildman–Crippen MR) is 67.6 cm³/mol. The van der Waals surface area contributed by atoms with Crippen molar-refractivity contribution < 1.29 is 18.1 Å². The quantitative estimate of drug-likeness (QED) is 0.660. The van der Waals surface area contributed by atoms with Crippen LogP contribution < -0.4 is 10.6 Å². The van der Waals surface area contributed by atoms with E-state index in [1.54, 1.807) is 0 Å². The number of alkyl halides is 3. The summed E-state index contributed by atoms with van der Waals surface area (Å²) in [7, 11) is 0. The first-order chi connectivity index (χ1) is 9.38. The van der Waals surface area contributed by atoms with Crippen LogP contribution in [-0.4, -0.2) is 24.1 Å². The van der Waals surface area contributed by atoms with Crippen molar-refractivity contribution in [1.29, 1.82) is 0 Å². The highest BCUT2D eigenvalue weighted by Gasteiger charge is 2.33. The highest BCUT2D eigenvalue weighted by atomic mass is 19.4. The van der Waals surface area contributed by atoms with Gasteiger partial charge in [0, 0.05) is 18.7 Å². The van der Waals surface area contributed by atoms with Crippen molar-refractivity contribution in [3.63, 3.8) is 0 Å². The second-order valence-corrected chi connectivity index (χ2v) is 4.66. The van der Waals surface area contributed by atoms with Gasteiger partial charge in [0.15, 0.2) is 0 Å². The SMILES string of the molecule is O=[N+]([O-])c1cc(C(F)(F)F)ccc1NCC1CCCN1. The molecule has 0 radical (unpaired) electrons. The maximum Gasteiger partial charge on any atom is 0.416 e. The van der Waals surface area contributed by atoms with Gasteiger partial charge in [-0.05, 0) is 31.5 Å². The van der Waals surface area contributed by atoms with Crippen LogP contribution in [0.1, 0.15) is 18.4 Å². The van der Waals surface area contributed by atoms with Gasteiger partial charge >= 0.3 is 6.18 Å². The zero-order valence-electron chi connectivity index (χ0n) is 10.5. The van der Waals surface area contributed by atoms with Gasteiger partial charge in [-0.15, -0.1) is 0 Å². The van der Waals surface area contributed by atoms with E-state index in [4.69, 9.17) is 0 Å². The van der Waals surface area contributed by atoms with Crippen molar-refractivity contribution in [3.05, 3.63) is 33.9 Å². The van der Waals surface area contributed by atoms with Crippen LogP contribution in [0.25, 0.3) is 0 Å². The Balaban J connectivity index is 2.17. The van der Waals surface area contributed by atoms with Crippen LogP contribution in [0.3, 0.4) is 0 Å². The number of nitro groups is 1. The Kier molecular flexibility index (Phi) is 4.12. The summed E-state index contributed by atoms with van der Waals surface area (Å²) in [4.78, 5) is 10.1. The number of hydrogen-bond donors (Lipinski definition) is 2. The monoisotopic (exact) mass is 289 g/mol. The number of nitrogens with one attached hydrogen (secondary N) is 2. The molecule has 0 amide bonds. The van der Waals surface area contributed by atoms with Crippen LogP contribution in [0, 0.1) is 10.1 Å². The lowest BCUT2D eigenvalue weighted by Crippen LogP contribution is -2.29.